The van der Waals surface area contributed by atoms with E-state index in [1.165, 1.54) is 0 Å². The highest BCUT2D eigenvalue weighted by Gasteiger charge is 2.26. The van der Waals surface area contributed by atoms with Gasteiger partial charge >= 0.3 is 11.6 Å². The van der Waals surface area contributed by atoms with Crippen LogP contribution < -0.4 is 15.3 Å². The lowest BCUT2D eigenvalue weighted by Gasteiger charge is -2.32. The number of anilines is 1. The van der Waals surface area contributed by atoms with Crippen LogP contribution in [0.1, 0.15) is 65.2 Å². The van der Waals surface area contributed by atoms with E-state index in [0.717, 1.165) is 77.6 Å². The van der Waals surface area contributed by atoms with Gasteiger partial charge in [-0.05, 0) is 74.9 Å². The molecule has 0 amide bonds. The molecule has 2 heterocycles. The van der Waals surface area contributed by atoms with Gasteiger partial charge in [0, 0.05) is 34.3 Å². The van der Waals surface area contributed by atoms with Crippen LogP contribution in [0.15, 0.2) is 39.5 Å². The van der Waals surface area contributed by atoms with Gasteiger partial charge in [0.25, 0.3) is 0 Å². The van der Waals surface area contributed by atoms with E-state index in [-0.39, 0.29) is 11.6 Å². The molecule has 172 valence electrons. The molecule has 1 aliphatic carbocycles. The van der Waals surface area contributed by atoms with Gasteiger partial charge < -0.3 is 18.8 Å². The van der Waals surface area contributed by atoms with Crippen LogP contribution in [0.4, 0.5) is 5.69 Å². The number of carbonyl (C=O) groups is 1. The molecule has 1 aliphatic heterocycles. The molecule has 0 bridgehead atoms. The molecule has 0 saturated carbocycles. The first-order chi connectivity index (χ1) is 16.1. The Hall–Kier alpha value is -3.28. The number of carbonyl (C=O) groups excluding carboxylic acids is 1. The lowest BCUT2D eigenvalue weighted by molar-refractivity contribution is 0.0500. The Balaban J connectivity index is 1.42. The van der Waals surface area contributed by atoms with Gasteiger partial charge in [-0.1, -0.05) is 13.3 Å². The summed E-state index contributed by atoms with van der Waals surface area (Å²) in [5, 5.41) is 1.04. The van der Waals surface area contributed by atoms with Crippen molar-refractivity contribution in [2.75, 3.05) is 18.2 Å². The van der Waals surface area contributed by atoms with Gasteiger partial charge in [0.05, 0.1) is 12.2 Å². The number of fused-ring (bicyclic) bond motifs is 4. The molecule has 0 fully saturated rings. The van der Waals surface area contributed by atoms with Crippen LogP contribution in [0.5, 0.6) is 5.75 Å². The van der Waals surface area contributed by atoms with E-state index in [2.05, 4.69) is 17.9 Å². The SMILES string of the molecule is CCCCOC(=O)c1ccc(N2COc3c(cc4c5c(c(=O)oc4c3C)CCCC5)C2)cc1. The minimum Gasteiger partial charge on any atom is -0.472 e. The fourth-order valence-electron chi connectivity index (χ4n) is 4.87. The molecule has 6 nitrogen and oxygen atoms in total. The van der Waals surface area contributed by atoms with E-state index in [1.807, 2.05) is 19.1 Å². The van der Waals surface area contributed by atoms with Crippen molar-refractivity contribution in [2.45, 2.75) is 58.9 Å². The zero-order valence-electron chi connectivity index (χ0n) is 19.2. The first-order valence-corrected chi connectivity index (χ1v) is 11.8. The Kier molecular flexibility index (Phi) is 5.83. The quantitative estimate of drug-likeness (QED) is 0.301. The summed E-state index contributed by atoms with van der Waals surface area (Å²) >= 11 is 0. The second kappa shape index (κ2) is 8.93. The van der Waals surface area contributed by atoms with Crippen LogP contribution in [-0.4, -0.2) is 19.3 Å². The molecule has 0 atom stereocenters. The number of ether oxygens (including phenoxy) is 2. The largest absolute Gasteiger partial charge is 0.472 e. The fraction of sp³-hybridized carbons (Fsp3) is 0.407. The molecule has 3 aromatic rings. The summed E-state index contributed by atoms with van der Waals surface area (Å²) in [4.78, 5) is 26.8. The number of hydrogen-bond acceptors (Lipinski definition) is 6. The topological polar surface area (TPSA) is 69.0 Å². The van der Waals surface area contributed by atoms with Crippen molar-refractivity contribution >= 4 is 22.6 Å². The minimum atomic E-state index is -0.288. The Morgan fingerprint density at radius 2 is 1.88 bits per heavy atom. The van der Waals surface area contributed by atoms with E-state index in [4.69, 9.17) is 13.9 Å². The fourth-order valence-corrected chi connectivity index (χ4v) is 4.87. The molecule has 0 spiro atoms. The number of nitrogens with zero attached hydrogens (tertiary/aromatic N) is 1. The van der Waals surface area contributed by atoms with Crippen molar-refractivity contribution in [3.05, 3.63) is 68.6 Å². The number of hydrogen-bond donors (Lipinski definition) is 0. The summed E-state index contributed by atoms with van der Waals surface area (Å²) in [5.41, 5.74) is 5.92. The molecule has 1 aromatic heterocycles. The van der Waals surface area contributed by atoms with Gasteiger partial charge in [-0.15, -0.1) is 0 Å². The minimum absolute atomic E-state index is 0.203. The predicted octanol–water partition coefficient (Wildman–Crippen LogP) is 5.29. The molecule has 0 unspecified atom stereocenters. The number of rotatable bonds is 5. The highest BCUT2D eigenvalue weighted by Crippen LogP contribution is 2.38. The molecular weight excluding hydrogens is 418 g/mol. The van der Waals surface area contributed by atoms with Gasteiger partial charge in [-0.3, -0.25) is 0 Å². The van der Waals surface area contributed by atoms with Gasteiger partial charge in [-0.25, -0.2) is 9.59 Å². The third kappa shape index (κ3) is 3.99. The molecule has 5 rings (SSSR count). The van der Waals surface area contributed by atoms with Crippen LogP contribution >= 0.6 is 0 Å². The lowest BCUT2D eigenvalue weighted by atomic mass is 9.89. The normalized spacial score (nSPS) is 15.0. The summed E-state index contributed by atoms with van der Waals surface area (Å²) in [6.07, 6.45) is 5.70. The van der Waals surface area contributed by atoms with Crippen molar-refractivity contribution in [3.63, 3.8) is 0 Å². The van der Waals surface area contributed by atoms with Crippen molar-refractivity contribution in [2.24, 2.45) is 0 Å². The van der Waals surface area contributed by atoms with Gasteiger partial charge in [0.1, 0.15) is 11.3 Å². The molecule has 0 radical (unpaired) electrons. The van der Waals surface area contributed by atoms with E-state index >= 15 is 0 Å². The second-order valence-corrected chi connectivity index (χ2v) is 8.93. The molecular formula is C27H29NO5. The van der Waals surface area contributed by atoms with Crippen molar-refractivity contribution in [3.8, 4) is 5.75 Å². The molecule has 33 heavy (non-hydrogen) atoms. The van der Waals surface area contributed by atoms with Crippen LogP contribution in [0.2, 0.25) is 0 Å². The predicted molar refractivity (Wildman–Crippen MR) is 127 cm³/mol. The van der Waals surface area contributed by atoms with Gasteiger partial charge in [-0.2, -0.15) is 0 Å². The van der Waals surface area contributed by atoms with Crippen LogP contribution in [0.3, 0.4) is 0 Å². The van der Waals surface area contributed by atoms with E-state index in [1.54, 1.807) is 12.1 Å². The van der Waals surface area contributed by atoms with E-state index in [9.17, 15) is 9.59 Å². The number of aryl methyl sites for hydroxylation is 2. The smallest absolute Gasteiger partial charge is 0.339 e. The maximum Gasteiger partial charge on any atom is 0.339 e. The molecule has 2 aromatic carbocycles. The third-order valence-electron chi connectivity index (χ3n) is 6.70. The Bertz CT molecular complexity index is 1260. The number of esters is 1. The summed E-state index contributed by atoms with van der Waals surface area (Å²) < 4.78 is 17.2. The second-order valence-electron chi connectivity index (χ2n) is 8.93. The summed E-state index contributed by atoms with van der Waals surface area (Å²) in [5.74, 6) is 0.511. The summed E-state index contributed by atoms with van der Waals surface area (Å²) in [6.45, 7) is 5.55. The average Bonchev–Trinajstić information content (AvgIpc) is 2.85. The lowest BCUT2D eigenvalue weighted by Crippen LogP contribution is -2.32. The van der Waals surface area contributed by atoms with Crippen molar-refractivity contribution in [1.82, 2.24) is 0 Å². The Morgan fingerprint density at radius 1 is 1.12 bits per heavy atom. The monoisotopic (exact) mass is 447 g/mol. The Labute approximate surface area is 193 Å². The Morgan fingerprint density at radius 3 is 2.64 bits per heavy atom. The van der Waals surface area contributed by atoms with Crippen LogP contribution in [0.25, 0.3) is 11.0 Å². The number of unbranched alkanes of at least 4 members (excludes halogenated alkanes) is 1. The average molecular weight is 448 g/mol. The molecule has 0 saturated heterocycles. The van der Waals surface area contributed by atoms with Crippen LogP contribution in [0, 0.1) is 6.92 Å². The highest BCUT2D eigenvalue weighted by molar-refractivity contribution is 5.90. The molecule has 6 heteroatoms. The maximum atomic E-state index is 12.5. The highest BCUT2D eigenvalue weighted by atomic mass is 16.5. The standard InChI is InChI=1S/C27H29NO5/c1-3-4-13-31-26(29)18-9-11-20(12-10-18)28-15-19-14-23-21-7-5-6-8-22(21)27(30)33-25(23)17(2)24(19)32-16-28/h9-12,14H,3-8,13,15-16H2,1-2H3. The number of benzene rings is 2. The van der Waals surface area contributed by atoms with Crippen LogP contribution in [-0.2, 0) is 24.1 Å². The van der Waals surface area contributed by atoms with E-state index < -0.39 is 0 Å². The van der Waals surface area contributed by atoms with Gasteiger partial charge in [0.2, 0.25) is 0 Å². The zero-order valence-corrected chi connectivity index (χ0v) is 19.2. The first kappa shape index (κ1) is 21.6. The molecule has 2 aliphatic rings. The summed E-state index contributed by atoms with van der Waals surface area (Å²) in [7, 11) is 0. The first-order valence-electron chi connectivity index (χ1n) is 11.8. The summed E-state index contributed by atoms with van der Waals surface area (Å²) in [6, 6.07) is 9.60. The third-order valence-corrected chi connectivity index (χ3v) is 6.70. The van der Waals surface area contributed by atoms with Crippen molar-refractivity contribution in [1.29, 1.82) is 0 Å². The van der Waals surface area contributed by atoms with Crippen molar-refractivity contribution < 1.29 is 18.7 Å². The van der Waals surface area contributed by atoms with Gasteiger partial charge in [0.15, 0.2) is 6.73 Å². The maximum absolute atomic E-state index is 12.5. The zero-order chi connectivity index (χ0) is 22.9. The molecule has 0 N–H and O–H groups in total. The van der Waals surface area contributed by atoms with E-state index in [0.29, 0.717) is 31.0 Å².